The quantitative estimate of drug-likeness (QED) is 0.477. The first-order chi connectivity index (χ1) is 15.5. The number of carbonyl (C=O) groups excluding carboxylic acids is 1. The summed E-state index contributed by atoms with van der Waals surface area (Å²) in [4.78, 5) is 36.6. The lowest BCUT2D eigenvalue weighted by molar-refractivity contribution is -0.384. The van der Waals surface area contributed by atoms with Crippen LogP contribution in [0.3, 0.4) is 0 Å². The lowest BCUT2D eigenvalue weighted by atomic mass is 10.0. The molecule has 32 heavy (non-hydrogen) atoms. The standard InChI is InChI=1S/C22H23N7O3/c1-23-21-15-4-2-3-5-16(15)25-22(26-21)28-10-8-27(9-11-28)18-12-14-6-7-20(30)24-17(14)13-19(18)29(31)32/h2-5,12-13H,6-11H2,1H3,(H,24,30)(H,23,25,26). The molecule has 2 N–H and O–H groups in total. The monoisotopic (exact) mass is 433 g/mol. The number of amides is 1. The molecule has 2 aliphatic rings. The summed E-state index contributed by atoms with van der Waals surface area (Å²) < 4.78 is 0. The fourth-order valence-corrected chi connectivity index (χ4v) is 4.35. The summed E-state index contributed by atoms with van der Waals surface area (Å²) in [5.74, 6) is 1.32. The van der Waals surface area contributed by atoms with Crippen molar-refractivity contribution in [2.45, 2.75) is 12.8 Å². The fraction of sp³-hybridized carbons (Fsp3) is 0.318. The van der Waals surface area contributed by atoms with Crippen LogP contribution in [0.1, 0.15) is 12.0 Å². The molecule has 1 amide bonds. The van der Waals surface area contributed by atoms with Gasteiger partial charge in [0.15, 0.2) is 0 Å². The second-order valence-corrected chi connectivity index (χ2v) is 7.92. The van der Waals surface area contributed by atoms with Crippen molar-refractivity contribution in [3.8, 4) is 0 Å². The molecular formula is C22H23N7O3. The molecule has 0 spiro atoms. The SMILES string of the molecule is CNc1nc(N2CCN(c3cc4c(cc3[N+](=O)[O-])NC(=O)CC4)CC2)nc2ccccc12. The zero-order valence-corrected chi connectivity index (χ0v) is 17.7. The van der Waals surface area contributed by atoms with E-state index in [9.17, 15) is 14.9 Å². The maximum atomic E-state index is 11.7. The molecule has 2 aromatic carbocycles. The maximum absolute atomic E-state index is 11.7. The zero-order valence-electron chi connectivity index (χ0n) is 17.7. The van der Waals surface area contributed by atoms with Gasteiger partial charge in [0, 0.05) is 51.1 Å². The van der Waals surface area contributed by atoms with Crippen molar-refractivity contribution in [3.63, 3.8) is 0 Å². The predicted molar refractivity (Wildman–Crippen MR) is 124 cm³/mol. The second kappa shape index (κ2) is 7.95. The highest BCUT2D eigenvalue weighted by Crippen LogP contribution is 2.37. The topological polar surface area (TPSA) is 117 Å². The maximum Gasteiger partial charge on any atom is 0.294 e. The zero-order chi connectivity index (χ0) is 22.2. The molecule has 3 heterocycles. The van der Waals surface area contributed by atoms with Gasteiger partial charge in [-0.25, -0.2) is 4.98 Å². The smallest absolute Gasteiger partial charge is 0.294 e. The van der Waals surface area contributed by atoms with Crippen LogP contribution in [0.4, 0.5) is 28.8 Å². The number of aromatic nitrogens is 2. The lowest BCUT2D eigenvalue weighted by Crippen LogP contribution is -2.47. The third-order valence-electron chi connectivity index (χ3n) is 6.02. The third kappa shape index (κ3) is 3.53. The minimum Gasteiger partial charge on any atom is -0.372 e. The van der Waals surface area contributed by atoms with Gasteiger partial charge >= 0.3 is 0 Å². The number of nitrogens with one attached hydrogen (secondary N) is 2. The van der Waals surface area contributed by atoms with E-state index in [1.165, 1.54) is 6.07 Å². The molecule has 0 unspecified atom stereocenters. The number of nitro groups is 1. The molecule has 0 radical (unpaired) electrons. The van der Waals surface area contributed by atoms with Gasteiger partial charge < -0.3 is 20.4 Å². The van der Waals surface area contributed by atoms with Crippen molar-refractivity contribution in [2.24, 2.45) is 0 Å². The molecule has 1 aromatic heterocycles. The number of piperazine rings is 1. The average molecular weight is 433 g/mol. The first-order valence-corrected chi connectivity index (χ1v) is 10.6. The van der Waals surface area contributed by atoms with Gasteiger partial charge in [-0.3, -0.25) is 14.9 Å². The number of hydrogen-bond acceptors (Lipinski definition) is 8. The summed E-state index contributed by atoms with van der Waals surface area (Å²) in [6.07, 6.45) is 0.981. The van der Waals surface area contributed by atoms with Gasteiger partial charge in [0.05, 0.1) is 16.1 Å². The number of carbonyl (C=O) groups is 1. The Hall–Kier alpha value is -3.95. The predicted octanol–water partition coefficient (Wildman–Crippen LogP) is 2.79. The Kier molecular flexibility index (Phi) is 4.96. The molecule has 2 aliphatic heterocycles. The second-order valence-electron chi connectivity index (χ2n) is 7.92. The highest BCUT2D eigenvalue weighted by atomic mass is 16.6. The highest BCUT2D eigenvalue weighted by molar-refractivity contribution is 5.95. The van der Waals surface area contributed by atoms with Gasteiger partial charge in [0.1, 0.15) is 11.5 Å². The number of hydrogen-bond donors (Lipinski definition) is 2. The normalized spacial score (nSPS) is 16.0. The van der Waals surface area contributed by atoms with Crippen LogP contribution in [-0.2, 0) is 11.2 Å². The highest BCUT2D eigenvalue weighted by Gasteiger charge is 2.28. The Morgan fingerprint density at radius 1 is 1.06 bits per heavy atom. The number of para-hydroxylation sites is 1. The molecule has 0 atom stereocenters. The molecule has 1 fully saturated rings. The van der Waals surface area contributed by atoms with E-state index in [-0.39, 0.29) is 16.5 Å². The van der Waals surface area contributed by atoms with Gasteiger partial charge in [-0.1, -0.05) is 12.1 Å². The molecule has 3 aromatic rings. The lowest BCUT2D eigenvalue weighted by Gasteiger charge is -2.36. The number of aryl methyl sites for hydroxylation is 1. The molecule has 10 heteroatoms. The number of nitro benzene ring substituents is 1. The Labute approximate surface area is 184 Å². The van der Waals surface area contributed by atoms with E-state index in [2.05, 4.69) is 20.5 Å². The molecule has 0 bridgehead atoms. The van der Waals surface area contributed by atoms with E-state index < -0.39 is 0 Å². The van der Waals surface area contributed by atoms with E-state index in [4.69, 9.17) is 4.98 Å². The number of fused-ring (bicyclic) bond motifs is 2. The largest absolute Gasteiger partial charge is 0.372 e. The van der Waals surface area contributed by atoms with Crippen LogP contribution in [0.2, 0.25) is 0 Å². The van der Waals surface area contributed by atoms with Crippen LogP contribution in [0.5, 0.6) is 0 Å². The minimum atomic E-state index is -0.381. The van der Waals surface area contributed by atoms with Crippen LogP contribution in [0.15, 0.2) is 36.4 Å². The molecule has 0 saturated carbocycles. The van der Waals surface area contributed by atoms with Gasteiger partial charge in [-0.15, -0.1) is 0 Å². The minimum absolute atomic E-state index is 0.0128. The first kappa shape index (κ1) is 20.0. The summed E-state index contributed by atoms with van der Waals surface area (Å²) >= 11 is 0. The first-order valence-electron chi connectivity index (χ1n) is 10.6. The number of benzene rings is 2. The van der Waals surface area contributed by atoms with Crippen molar-refractivity contribution >= 4 is 45.6 Å². The van der Waals surface area contributed by atoms with Crippen molar-refractivity contribution in [1.29, 1.82) is 0 Å². The summed E-state index contributed by atoms with van der Waals surface area (Å²) in [5, 5.41) is 18.6. The Morgan fingerprint density at radius 2 is 1.81 bits per heavy atom. The van der Waals surface area contributed by atoms with E-state index in [1.54, 1.807) is 0 Å². The van der Waals surface area contributed by atoms with E-state index in [1.807, 2.05) is 42.3 Å². The van der Waals surface area contributed by atoms with Crippen LogP contribution in [0, 0.1) is 10.1 Å². The van der Waals surface area contributed by atoms with E-state index >= 15 is 0 Å². The van der Waals surface area contributed by atoms with Gasteiger partial charge in [-0.2, -0.15) is 4.98 Å². The summed E-state index contributed by atoms with van der Waals surface area (Å²) in [7, 11) is 1.84. The number of anilines is 4. The number of rotatable bonds is 4. The van der Waals surface area contributed by atoms with Crippen LogP contribution in [-0.4, -0.2) is 54.0 Å². The summed E-state index contributed by atoms with van der Waals surface area (Å²) in [6.45, 7) is 2.51. The third-order valence-corrected chi connectivity index (χ3v) is 6.02. The molecular weight excluding hydrogens is 410 g/mol. The van der Waals surface area contributed by atoms with E-state index in [0.717, 1.165) is 22.3 Å². The Morgan fingerprint density at radius 3 is 2.56 bits per heavy atom. The molecule has 0 aliphatic carbocycles. The number of nitrogens with zero attached hydrogens (tertiary/aromatic N) is 5. The van der Waals surface area contributed by atoms with Gasteiger partial charge in [0.2, 0.25) is 11.9 Å². The van der Waals surface area contributed by atoms with Crippen LogP contribution >= 0.6 is 0 Å². The fourth-order valence-electron chi connectivity index (χ4n) is 4.35. The molecule has 1 saturated heterocycles. The van der Waals surface area contributed by atoms with Crippen molar-refractivity contribution < 1.29 is 9.72 Å². The summed E-state index contributed by atoms with van der Waals surface area (Å²) in [6, 6.07) is 11.2. The van der Waals surface area contributed by atoms with Crippen molar-refractivity contribution in [1.82, 2.24) is 9.97 Å². The van der Waals surface area contributed by atoms with E-state index in [0.29, 0.717) is 56.3 Å². The Bertz CT molecular complexity index is 1220. The average Bonchev–Trinajstić information content (AvgIpc) is 2.82. The molecule has 164 valence electrons. The van der Waals surface area contributed by atoms with Crippen molar-refractivity contribution in [2.75, 3.05) is 53.7 Å². The van der Waals surface area contributed by atoms with Gasteiger partial charge in [0.25, 0.3) is 5.69 Å². The van der Waals surface area contributed by atoms with Crippen LogP contribution in [0.25, 0.3) is 10.9 Å². The van der Waals surface area contributed by atoms with Crippen LogP contribution < -0.4 is 20.4 Å². The molecule has 5 rings (SSSR count). The summed E-state index contributed by atoms with van der Waals surface area (Å²) in [5.41, 5.74) is 2.96. The van der Waals surface area contributed by atoms with Gasteiger partial charge in [-0.05, 0) is 30.2 Å². The Balaban J connectivity index is 1.40. The molecule has 10 nitrogen and oxygen atoms in total. The van der Waals surface area contributed by atoms with Crippen molar-refractivity contribution in [3.05, 3.63) is 52.1 Å².